The molecular formula is C17H25N5OS. The molecule has 2 fully saturated rings. The van der Waals surface area contributed by atoms with Crippen LogP contribution in [-0.4, -0.2) is 32.0 Å². The van der Waals surface area contributed by atoms with Gasteiger partial charge in [0.15, 0.2) is 5.16 Å². The van der Waals surface area contributed by atoms with E-state index in [0.717, 1.165) is 49.5 Å². The molecule has 7 heteroatoms. The van der Waals surface area contributed by atoms with Gasteiger partial charge in [-0.05, 0) is 45.4 Å². The van der Waals surface area contributed by atoms with Crippen LogP contribution in [0.25, 0.3) is 0 Å². The first-order chi connectivity index (χ1) is 11.6. The summed E-state index contributed by atoms with van der Waals surface area (Å²) < 4.78 is 2.20. The molecule has 130 valence electrons. The second-order valence-electron chi connectivity index (χ2n) is 6.93. The van der Waals surface area contributed by atoms with E-state index in [1.807, 2.05) is 6.92 Å². The van der Waals surface area contributed by atoms with Gasteiger partial charge in [-0.2, -0.15) is 5.26 Å². The van der Waals surface area contributed by atoms with Crippen LogP contribution in [0.3, 0.4) is 0 Å². The number of carbonyl (C=O) groups excluding carboxylic acids is 1. The molecule has 1 aromatic rings. The number of nitriles is 1. The summed E-state index contributed by atoms with van der Waals surface area (Å²) in [6.07, 6.45) is 9.67. The average Bonchev–Trinajstić information content (AvgIpc) is 3.21. The molecule has 0 spiro atoms. The summed E-state index contributed by atoms with van der Waals surface area (Å²) in [5.41, 5.74) is -0.648. The minimum atomic E-state index is -0.648. The van der Waals surface area contributed by atoms with Crippen LogP contribution >= 0.6 is 11.8 Å². The van der Waals surface area contributed by atoms with Gasteiger partial charge in [-0.1, -0.05) is 31.0 Å². The maximum Gasteiger partial charge on any atom is 0.231 e. The van der Waals surface area contributed by atoms with E-state index in [1.54, 1.807) is 0 Å². The van der Waals surface area contributed by atoms with Crippen LogP contribution in [0.2, 0.25) is 0 Å². The molecule has 6 nitrogen and oxygen atoms in total. The largest absolute Gasteiger partial charge is 0.337 e. The first-order valence-electron chi connectivity index (χ1n) is 8.90. The lowest BCUT2D eigenvalue weighted by molar-refractivity contribution is -0.119. The fourth-order valence-corrected chi connectivity index (χ4v) is 4.74. The van der Waals surface area contributed by atoms with E-state index in [0.29, 0.717) is 6.04 Å². The van der Waals surface area contributed by atoms with Gasteiger partial charge in [0.1, 0.15) is 11.4 Å². The molecule has 1 N–H and O–H groups in total. The molecule has 1 amide bonds. The van der Waals surface area contributed by atoms with Crippen molar-refractivity contribution < 1.29 is 4.79 Å². The van der Waals surface area contributed by atoms with E-state index in [4.69, 9.17) is 0 Å². The number of nitrogens with one attached hydrogen (secondary N) is 1. The Labute approximate surface area is 147 Å². The van der Waals surface area contributed by atoms with Gasteiger partial charge >= 0.3 is 0 Å². The number of hydrogen-bond donors (Lipinski definition) is 1. The molecule has 1 heterocycles. The highest BCUT2D eigenvalue weighted by atomic mass is 32.2. The van der Waals surface area contributed by atoms with Crippen molar-refractivity contribution in [3.05, 3.63) is 5.82 Å². The maximum atomic E-state index is 12.3. The van der Waals surface area contributed by atoms with Gasteiger partial charge in [-0.25, -0.2) is 0 Å². The summed E-state index contributed by atoms with van der Waals surface area (Å²) in [6.45, 7) is 1.98. The molecule has 3 rings (SSSR count). The van der Waals surface area contributed by atoms with Crippen molar-refractivity contribution in [2.75, 3.05) is 5.75 Å². The van der Waals surface area contributed by atoms with Crippen LogP contribution in [-0.2, 0) is 4.79 Å². The number of thioether (sulfide) groups is 1. The monoisotopic (exact) mass is 347 g/mol. The number of carbonyl (C=O) groups is 1. The molecule has 0 aromatic carbocycles. The normalized spacial score (nSPS) is 20.7. The standard InChI is InChI=1S/C17H25N5OS/c1-13-20-21-16(22(13)14-7-3-2-4-8-14)24-11-15(23)19-17(12-18)9-5-6-10-17/h14H,2-11H2,1H3,(H,19,23). The van der Waals surface area contributed by atoms with E-state index >= 15 is 0 Å². The fourth-order valence-electron chi connectivity index (χ4n) is 3.88. The highest BCUT2D eigenvalue weighted by Gasteiger charge is 2.35. The second-order valence-corrected chi connectivity index (χ2v) is 7.87. The van der Waals surface area contributed by atoms with Crippen LogP contribution < -0.4 is 5.32 Å². The van der Waals surface area contributed by atoms with E-state index in [9.17, 15) is 10.1 Å². The number of hydrogen-bond acceptors (Lipinski definition) is 5. The molecule has 1 aromatic heterocycles. The lowest BCUT2D eigenvalue weighted by Crippen LogP contribution is -2.45. The third-order valence-electron chi connectivity index (χ3n) is 5.16. The van der Waals surface area contributed by atoms with Gasteiger partial charge in [-0.15, -0.1) is 10.2 Å². The lowest BCUT2D eigenvalue weighted by Gasteiger charge is -2.25. The Morgan fingerprint density at radius 3 is 2.67 bits per heavy atom. The minimum absolute atomic E-state index is 0.0840. The van der Waals surface area contributed by atoms with Gasteiger partial charge < -0.3 is 9.88 Å². The first kappa shape index (κ1) is 17.3. The SMILES string of the molecule is Cc1nnc(SCC(=O)NC2(C#N)CCCC2)n1C1CCCCC1. The fraction of sp³-hybridized carbons (Fsp3) is 0.765. The predicted molar refractivity (Wildman–Crippen MR) is 92.6 cm³/mol. The minimum Gasteiger partial charge on any atom is -0.337 e. The van der Waals surface area contributed by atoms with Crippen LogP contribution in [0.15, 0.2) is 5.16 Å². The Morgan fingerprint density at radius 2 is 2.00 bits per heavy atom. The van der Waals surface area contributed by atoms with Crippen molar-refractivity contribution in [2.45, 2.75) is 81.4 Å². The Hall–Kier alpha value is -1.55. The zero-order valence-electron chi connectivity index (χ0n) is 14.3. The molecule has 2 aliphatic carbocycles. The molecule has 0 bridgehead atoms. The second kappa shape index (κ2) is 7.56. The topological polar surface area (TPSA) is 83.6 Å². The summed E-state index contributed by atoms with van der Waals surface area (Å²) >= 11 is 1.43. The number of aromatic nitrogens is 3. The van der Waals surface area contributed by atoms with Crippen molar-refractivity contribution in [1.29, 1.82) is 5.26 Å². The van der Waals surface area contributed by atoms with Crippen LogP contribution in [0, 0.1) is 18.3 Å². The van der Waals surface area contributed by atoms with Crippen LogP contribution in [0.1, 0.15) is 69.7 Å². The number of nitrogens with zero attached hydrogens (tertiary/aromatic N) is 4. The molecule has 0 aliphatic heterocycles. The van der Waals surface area contributed by atoms with E-state index in [-0.39, 0.29) is 11.7 Å². The average molecular weight is 347 g/mol. The van der Waals surface area contributed by atoms with Crippen LogP contribution in [0.4, 0.5) is 0 Å². The summed E-state index contributed by atoms with van der Waals surface area (Å²) in [4.78, 5) is 12.3. The van der Waals surface area contributed by atoms with E-state index in [1.165, 1.54) is 31.0 Å². The smallest absolute Gasteiger partial charge is 0.231 e. The van der Waals surface area contributed by atoms with Crippen molar-refractivity contribution in [3.8, 4) is 6.07 Å². The van der Waals surface area contributed by atoms with Crippen molar-refractivity contribution in [1.82, 2.24) is 20.1 Å². The molecule has 0 unspecified atom stereocenters. The molecule has 0 atom stereocenters. The lowest BCUT2D eigenvalue weighted by atomic mass is 9.95. The van der Waals surface area contributed by atoms with Gasteiger partial charge in [-0.3, -0.25) is 4.79 Å². The molecule has 0 radical (unpaired) electrons. The molecule has 24 heavy (non-hydrogen) atoms. The van der Waals surface area contributed by atoms with Crippen molar-refractivity contribution >= 4 is 17.7 Å². The maximum absolute atomic E-state index is 12.3. The zero-order valence-corrected chi connectivity index (χ0v) is 15.1. The van der Waals surface area contributed by atoms with Crippen molar-refractivity contribution in [2.24, 2.45) is 0 Å². The van der Waals surface area contributed by atoms with Gasteiger partial charge in [0.05, 0.1) is 11.8 Å². The number of rotatable bonds is 5. The van der Waals surface area contributed by atoms with Gasteiger partial charge in [0, 0.05) is 6.04 Å². The highest BCUT2D eigenvalue weighted by molar-refractivity contribution is 7.99. The Morgan fingerprint density at radius 1 is 1.29 bits per heavy atom. The highest BCUT2D eigenvalue weighted by Crippen LogP contribution is 2.33. The van der Waals surface area contributed by atoms with E-state index < -0.39 is 5.54 Å². The predicted octanol–water partition coefficient (Wildman–Crippen LogP) is 3.14. The Balaban J connectivity index is 1.60. The molecular weight excluding hydrogens is 322 g/mol. The zero-order chi connectivity index (χ0) is 17.0. The molecule has 2 aliphatic rings. The van der Waals surface area contributed by atoms with E-state index in [2.05, 4.69) is 26.2 Å². The summed E-state index contributed by atoms with van der Waals surface area (Å²) in [6, 6.07) is 2.76. The molecule has 2 saturated carbocycles. The number of amides is 1. The summed E-state index contributed by atoms with van der Waals surface area (Å²) in [7, 11) is 0. The Bertz CT molecular complexity index is 623. The van der Waals surface area contributed by atoms with Gasteiger partial charge in [0.2, 0.25) is 5.91 Å². The Kier molecular flexibility index (Phi) is 5.44. The number of aryl methyl sites for hydroxylation is 1. The van der Waals surface area contributed by atoms with Gasteiger partial charge in [0.25, 0.3) is 0 Å². The first-order valence-corrected chi connectivity index (χ1v) is 9.89. The van der Waals surface area contributed by atoms with Crippen molar-refractivity contribution in [3.63, 3.8) is 0 Å². The molecule has 0 saturated heterocycles. The third kappa shape index (κ3) is 3.75. The quantitative estimate of drug-likeness (QED) is 0.827. The summed E-state index contributed by atoms with van der Waals surface area (Å²) in [5.74, 6) is 1.13. The third-order valence-corrected chi connectivity index (χ3v) is 6.10. The summed E-state index contributed by atoms with van der Waals surface area (Å²) in [5, 5.41) is 21.6. The van der Waals surface area contributed by atoms with Crippen LogP contribution in [0.5, 0.6) is 0 Å².